The summed E-state index contributed by atoms with van der Waals surface area (Å²) in [6, 6.07) is 17.1. The molecule has 3 aromatic carbocycles. The van der Waals surface area contributed by atoms with Crippen molar-refractivity contribution in [3.8, 4) is 11.1 Å². The van der Waals surface area contributed by atoms with Gasteiger partial charge in [0.15, 0.2) is 0 Å². The molecule has 7 nitrogen and oxygen atoms in total. The summed E-state index contributed by atoms with van der Waals surface area (Å²) >= 11 is 12.1. The van der Waals surface area contributed by atoms with Crippen LogP contribution in [0.2, 0.25) is 10.0 Å². The molecule has 0 aromatic heterocycles. The van der Waals surface area contributed by atoms with Crippen LogP contribution in [0, 0.1) is 0 Å². The van der Waals surface area contributed by atoms with E-state index in [0.717, 1.165) is 11.1 Å². The van der Waals surface area contributed by atoms with Crippen molar-refractivity contribution in [2.75, 3.05) is 43.6 Å². The van der Waals surface area contributed by atoms with E-state index in [9.17, 15) is 9.59 Å². The fourth-order valence-electron chi connectivity index (χ4n) is 2.89. The molecule has 0 unspecified atom stereocenters. The molecule has 0 radical (unpaired) electrons. The third-order valence-electron chi connectivity index (χ3n) is 4.72. The van der Waals surface area contributed by atoms with Crippen LogP contribution < -0.4 is 16.4 Å². The zero-order valence-corrected chi connectivity index (χ0v) is 19.7. The summed E-state index contributed by atoms with van der Waals surface area (Å²) in [6.45, 7) is 0.907. The van der Waals surface area contributed by atoms with Crippen molar-refractivity contribution in [1.82, 2.24) is 4.90 Å². The highest BCUT2D eigenvalue weighted by Gasteiger charge is 2.11. The lowest BCUT2D eigenvalue weighted by Gasteiger charge is -2.12. The van der Waals surface area contributed by atoms with E-state index in [4.69, 9.17) is 33.7 Å². The van der Waals surface area contributed by atoms with Gasteiger partial charge in [-0.05, 0) is 73.8 Å². The highest BCUT2D eigenvalue weighted by molar-refractivity contribution is 6.42. The molecule has 0 saturated heterocycles. The summed E-state index contributed by atoms with van der Waals surface area (Å²) in [5.74, 6) is -0.340. The van der Waals surface area contributed by atoms with Crippen LogP contribution in [0.1, 0.15) is 10.4 Å². The number of nitrogen functional groups attached to an aromatic ring is 1. The lowest BCUT2D eigenvalue weighted by molar-refractivity contribution is 0.102. The monoisotopic (exact) mass is 486 g/mol. The second kappa shape index (κ2) is 11.0. The molecule has 0 aliphatic rings. The van der Waals surface area contributed by atoms with Crippen molar-refractivity contribution >= 4 is 52.3 Å². The summed E-state index contributed by atoms with van der Waals surface area (Å²) in [6.07, 6.45) is -0.555. The Morgan fingerprint density at radius 2 is 1.58 bits per heavy atom. The highest BCUT2D eigenvalue weighted by Crippen LogP contribution is 2.32. The average Bonchev–Trinajstić information content (AvgIpc) is 2.77. The number of nitrogens with one attached hydrogen (secondary N) is 2. The molecule has 0 aliphatic heterocycles. The van der Waals surface area contributed by atoms with Gasteiger partial charge in [-0.2, -0.15) is 0 Å². The van der Waals surface area contributed by atoms with Gasteiger partial charge in [0.1, 0.15) is 6.61 Å². The summed E-state index contributed by atoms with van der Waals surface area (Å²) < 4.78 is 5.09. The molecule has 172 valence electrons. The first-order chi connectivity index (χ1) is 15.7. The number of nitrogens with zero attached hydrogens (tertiary/aromatic N) is 1. The Balaban J connectivity index is 1.66. The number of carbonyl (C=O) groups excluding carboxylic acids is 2. The molecular weight excluding hydrogens is 463 g/mol. The maximum atomic E-state index is 12.7. The predicted octanol–water partition coefficient (Wildman–Crippen LogP) is 5.61. The van der Waals surface area contributed by atoms with Crippen LogP contribution >= 0.6 is 23.2 Å². The second-order valence-electron chi connectivity index (χ2n) is 7.53. The van der Waals surface area contributed by atoms with Gasteiger partial charge < -0.3 is 20.7 Å². The number of carbonyl (C=O) groups is 2. The predicted molar refractivity (Wildman–Crippen MR) is 134 cm³/mol. The number of hydrogen-bond donors (Lipinski definition) is 3. The quantitative estimate of drug-likeness (QED) is 0.377. The molecule has 0 spiro atoms. The van der Waals surface area contributed by atoms with E-state index in [2.05, 4.69) is 10.6 Å². The summed E-state index contributed by atoms with van der Waals surface area (Å²) in [4.78, 5) is 26.5. The van der Waals surface area contributed by atoms with Gasteiger partial charge in [0.2, 0.25) is 0 Å². The first-order valence-electron chi connectivity index (χ1n) is 10.1. The fraction of sp³-hybridized carbons (Fsp3) is 0.167. The van der Waals surface area contributed by atoms with Crippen molar-refractivity contribution in [3.63, 3.8) is 0 Å². The smallest absolute Gasteiger partial charge is 0.411 e. The number of hydrogen-bond acceptors (Lipinski definition) is 5. The molecule has 2 amide bonds. The largest absolute Gasteiger partial charge is 0.448 e. The van der Waals surface area contributed by atoms with Crippen LogP contribution in [0.5, 0.6) is 0 Å². The third-order valence-corrected chi connectivity index (χ3v) is 5.46. The standard InChI is InChI=1S/C24H24Cl2N4O3/c1-30(2)11-12-33-24(32)28-18-7-3-15(4-8-18)23(31)29-22-14-17(6-10-21(22)27)16-5-9-19(25)20(26)13-16/h3-10,13-14H,11-12,27H2,1-2H3,(H,28,32)(H,29,31). The number of anilines is 3. The lowest BCUT2D eigenvalue weighted by atomic mass is 10.0. The first-order valence-corrected chi connectivity index (χ1v) is 10.8. The van der Waals surface area contributed by atoms with Crippen LogP contribution in [0.3, 0.4) is 0 Å². The Hall–Kier alpha value is -3.26. The topological polar surface area (TPSA) is 96.7 Å². The van der Waals surface area contributed by atoms with Gasteiger partial charge in [0, 0.05) is 17.8 Å². The molecular formula is C24H24Cl2N4O3. The van der Waals surface area contributed by atoms with Gasteiger partial charge in [0.25, 0.3) is 5.91 Å². The van der Waals surface area contributed by atoms with E-state index in [1.54, 1.807) is 48.5 Å². The zero-order valence-electron chi connectivity index (χ0n) is 18.2. The zero-order chi connectivity index (χ0) is 24.0. The minimum absolute atomic E-state index is 0.280. The average molecular weight is 487 g/mol. The van der Waals surface area contributed by atoms with Crippen molar-refractivity contribution in [1.29, 1.82) is 0 Å². The van der Waals surface area contributed by atoms with Gasteiger partial charge in [-0.3, -0.25) is 10.1 Å². The van der Waals surface area contributed by atoms with E-state index >= 15 is 0 Å². The molecule has 3 rings (SSSR count). The van der Waals surface area contributed by atoms with Gasteiger partial charge in [-0.1, -0.05) is 35.3 Å². The molecule has 9 heteroatoms. The number of halogens is 2. The van der Waals surface area contributed by atoms with E-state index in [1.807, 2.05) is 31.1 Å². The summed E-state index contributed by atoms with van der Waals surface area (Å²) in [7, 11) is 3.78. The Labute approximate surface area is 202 Å². The van der Waals surface area contributed by atoms with Crippen molar-refractivity contribution < 1.29 is 14.3 Å². The van der Waals surface area contributed by atoms with Crippen molar-refractivity contribution in [2.24, 2.45) is 0 Å². The molecule has 0 bridgehead atoms. The molecule has 33 heavy (non-hydrogen) atoms. The molecule has 4 N–H and O–H groups in total. The lowest BCUT2D eigenvalue weighted by Crippen LogP contribution is -2.22. The van der Waals surface area contributed by atoms with Crippen LogP contribution in [0.15, 0.2) is 60.7 Å². The van der Waals surface area contributed by atoms with Crippen LogP contribution in [-0.4, -0.2) is 44.1 Å². The number of benzene rings is 3. The molecule has 0 fully saturated rings. The minimum atomic E-state index is -0.555. The van der Waals surface area contributed by atoms with E-state index < -0.39 is 6.09 Å². The number of rotatable bonds is 7. The fourth-order valence-corrected chi connectivity index (χ4v) is 3.19. The first kappa shape index (κ1) is 24.4. The number of nitrogens with two attached hydrogens (primary N) is 1. The maximum absolute atomic E-state index is 12.7. The molecule has 0 aliphatic carbocycles. The molecule has 0 saturated carbocycles. The van der Waals surface area contributed by atoms with Gasteiger partial charge in [-0.15, -0.1) is 0 Å². The Bertz CT molecular complexity index is 1150. The second-order valence-corrected chi connectivity index (χ2v) is 8.34. The Morgan fingerprint density at radius 1 is 0.909 bits per heavy atom. The molecule has 0 atom stereocenters. The third kappa shape index (κ3) is 6.86. The summed E-state index contributed by atoms with van der Waals surface area (Å²) in [5, 5.41) is 6.34. The van der Waals surface area contributed by atoms with Crippen LogP contribution in [-0.2, 0) is 4.74 Å². The number of ether oxygens (including phenoxy) is 1. The highest BCUT2D eigenvalue weighted by atomic mass is 35.5. The van der Waals surface area contributed by atoms with Gasteiger partial charge in [0.05, 0.1) is 21.4 Å². The van der Waals surface area contributed by atoms with E-state index in [1.165, 1.54) is 0 Å². The van der Waals surface area contributed by atoms with Crippen LogP contribution in [0.4, 0.5) is 21.9 Å². The summed E-state index contributed by atoms with van der Waals surface area (Å²) in [5.41, 5.74) is 9.53. The Kier molecular flexibility index (Phi) is 8.16. The SMILES string of the molecule is CN(C)CCOC(=O)Nc1ccc(C(=O)Nc2cc(-c3ccc(Cl)c(Cl)c3)ccc2N)cc1. The minimum Gasteiger partial charge on any atom is -0.448 e. The van der Waals surface area contributed by atoms with Crippen LogP contribution in [0.25, 0.3) is 11.1 Å². The maximum Gasteiger partial charge on any atom is 0.411 e. The van der Waals surface area contributed by atoms with Gasteiger partial charge >= 0.3 is 6.09 Å². The van der Waals surface area contributed by atoms with Crippen molar-refractivity contribution in [3.05, 3.63) is 76.3 Å². The molecule has 0 heterocycles. The van der Waals surface area contributed by atoms with E-state index in [-0.39, 0.29) is 12.5 Å². The normalized spacial score (nSPS) is 10.7. The van der Waals surface area contributed by atoms with E-state index in [0.29, 0.717) is 39.2 Å². The molecule has 3 aromatic rings. The number of likely N-dealkylation sites (N-methyl/N-ethyl adjacent to an activating group) is 1. The van der Waals surface area contributed by atoms with Gasteiger partial charge in [-0.25, -0.2) is 4.79 Å². The number of amides is 2. The Morgan fingerprint density at radius 3 is 2.24 bits per heavy atom. The van der Waals surface area contributed by atoms with Crippen molar-refractivity contribution in [2.45, 2.75) is 0 Å².